The van der Waals surface area contributed by atoms with E-state index in [-0.39, 0.29) is 6.04 Å². The second-order valence-electron chi connectivity index (χ2n) is 7.04. The van der Waals surface area contributed by atoms with Gasteiger partial charge in [0.05, 0.1) is 30.2 Å². The van der Waals surface area contributed by atoms with Gasteiger partial charge in [-0.3, -0.25) is 16.3 Å². The summed E-state index contributed by atoms with van der Waals surface area (Å²) in [7, 11) is 0. The van der Waals surface area contributed by atoms with Crippen LogP contribution in [-0.2, 0) is 0 Å². The Hall–Kier alpha value is -1.80. The summed E-state index contributed by atoms with van der Waals surface area (Å²) in [4.78, 5) is 0. The van der Waals surface area contributed by atoms with E-state index in [9.17, 15) is 0 Å². The molecule has 3 heterocycles. The minimum Gasteiger partial charge on any atom is -0.291 e. The number of nitrogens with zero attached hydrogens (tertiary/aromatic N) is 6. The van der Waals surface area contributed by atoms with E-state index >= 15 is 0 Å². The third-order valence-electron chi connectivity index (χ3n) is 5.53. The van der Waals surface area contributed by atoms with Crippen LogP contribution >= 0.6 is 0 Å². The zero-order valence-electron chi connectivity index (χ0n) is 13.3. The molecule has 1 saturated carbocycles. The average Bonchev–Trinajstić information content (AvgIpc) is 3.18. The Labute approximate surface area is 135 Å². The highest BCUT2D eigenvalue weighted by molar-refractivity contribution is 4.92. The van der Waals surface area contributed by atoms with E-state index < -0.39 is 0 Å². The van der Waals surface area contributed by atoms with Crippen LogP contribution in [0.2, 0.25) is 0 Å². The van der Waals surface area contributed by atoms with E-state index in [1.165, 1.54) is 0 Å². The van der Waals surface area contributed by atoms with Gasteiger partial charge in [0.2, 0.25) is 0 Å². The van der Waals surface area contributed by atoms with Crippen molar-refractivity contribution in [3.8, 4) is 0 Å². The molecule has 6 unspecified atom stereocenters. The van der Waals surface area contributed by atoms with Gasteiger partial charge in [-0.15, -0.1) is 0 Å². The molecular weight excluding hydrogens is 294 g/mol. The predicted molar refractivity (Wildman–Crippen MR) is 83.6 cm³/mol. The van der Waals surface area contributed by atoms with Crippen LogP contribution in [0.4, 0.5) is 0 Å². The van der Waals surface area contributed by atoms with E-state index in [4.69, 9.17) is 0 Å². The van der Waals surface area contributed by atoms with Crippen LogP contribution in [0, 0.1) is 5.92 Å². The molecule has 0 aromatic rings. The minimum absolute atomic E-state index is 0.278. The lowest BCUT2D eigenvalue weighted by molar-refractivity contribution is 0.267. The largest absolute Gasteiger partial charge is 0.291 e. The molecule has 1 fully saturated rings. The second kappa shape index (κ2) is 6.76. The summed E-state index contributed by atoms with van der Waals surface area (Å²) in [6.07, 6.45) is 7.63. The molecule has 3 N–H and O–H groups in total. The van der Waals surface area contributed by atoms with Crippen molar-refractivity contribution in [2.24, 2.45) is 36.9 Å². The molecule has 0 radical (unpaired) electrons. The first-order chi connectivity index (χ1) is 11.4. The molecule has 4 aliphatic rings. The molecule has 9 heteroatoms. The predicted octanol–water partition coefficient (Wildman–Crippen LogP) is 2.10. The van der Waals surface area contributed by atoms with Gasteiger partial charge in [-0.2, -0.15) is 15.3 Å². The van der Waals surface area contributed by atoms with E-state index in [0.717, 1.165) is 51.5 Å². The summed E-state index contributed by atoms with van der Waals surface area (Å²) < 4.78 is 0. The summed E-state index contributed by atoms with van der Waals surface area (Å²) >= 11 is 0. The normalized spacial score (nSPS) is 42.8. The highest BCUT2D eigenvalue weighted by atomic mass is 15.5. The number of hydrogen-bond donors (Lipinski definition) is 3. The third-order valence-corrected chi connectivity index (χ3v) is 5.53. The van der Waals surface area contributed by atoms with Gasteiger partial charge in [-0.05, 0) is 44.9 Å². The Morgan fingerprint density at radius 3 is 2.17 bits per heavy atom. The van der Waals surface area contributed by atoms with Crippen molar-refractivity contribution in [3.05, 3.63) is 0 Å². The first-order valence-corrected chi connectivity index (χ1v) is 8.83. The van der Waals surface area contributed by atoms with Crippen molar-refractivity contribution < 1.29 is 0 Å². The topological polar surface area (TPSA) is 110 Å². The standard InChI is InChI=1S/C14H25N9/c1-3-10-9(8-15-21-16-10)7-14-13(19-23-20-14)6-2-5-12-11(4-1)17-22-18-12/h9-14H,1-8H2,(H,15,16)(H,17,18)(H,19,20). The molecule has 0 saturated heterocycles. The molecule has 126 valence electrons. The van der Waals surface area contributed by atoms with Crippen molar-refractivity contribution in [2.75, 3.05) is 6.54 Å². The van der Waals surface area contributed by atoms with E-state index in [1.807, 2.05) is 0 Å². The first-order valence-electron chi connectivity index (χ1n) is 8.83. The number of nitrogens with one attached hydrogen (secondary N) is 3. The summed E-state index contributed by atoms with van der Waals surface area (Å²) in [5.41, 5.74) is 9.44. The minimum atomic E-state index is 0.278. The maximum atomic E-state index is 4.46. The number of hydrogen-bond acceptors (Lipinski definition) is 9. The van der Waals surface area contributed by atoms with Crippen LogP contribution in [0.3, 0.4) is 0 Å². The molecule has 0 spiro atoms. The van der Waals surface area contributed by atoms with E-state index in [1.54, 1.807) is 0 Å². The lowest BCUT2D eigenvalue weighted by Crippen LogP contribution is -2.40. The van der Waals surface area contributed by atoms with Crippen LogP contribution in [0.1, 0.15) is 44.9 Å². The zero-order valence-corrected chi connectivity index (χ0v) is 13.3. The molecular formula is C14H25N9. The van der Waals surface area contributed by atoms with Crippen molar-refractivity contribution >= 4 is 0 Å². The molecule has 0 aromatic heterocycles. The highest BCUT2D eigenvalue weighted by Gasteiger charge is 2.34. The van der Waals surface area contributed by atoms with Gasteiger partial charge < -0.3 is 0 Å². The Morgan fingerprint density at radius 2 is 1.30 bits per heavy atom. The summed E-state index contributed by atoms with van der Waals surface area (Å²) in [6.45, 7) is 0.897. The molecule has 9 nitrogen and oxygen atoms in total. The van der Waals surface area contributed by atoms with Gasteiger partial charge in [0.15, 0.2) is 0 Å². The SMILES string of the molecule is C1CC2N=NNC2CCCC2N=NNCC2CC2NN=NC2C1. The van der Waals surface area contributed by atoms with Crippen LogP contribution < -0.4 is 16.3 Å². The molecule has 6 atom stereocenters. The first kappa shape index (κ1) is 14.8. The fourth-order valence-corrected chi connectivity index (χ4v) is 4.13. The van der Waals surface area contributed by atoms with Crippen LogP contribution in [0.5, 0.6) is 0 Å². The quantitative estimate of drug-likeness (QED) is 0.636. The average molecular weight is 319 g/mol. The third kappa shape index (κ3) is 3.28. The molecule has 0 aromatic carbocycles. The fraction of sp³-hybridized carbons (Fsp3) is 1.00. The zero-order chi connectivity index (χ0) is 15.5. The molecule has 4 rings (SSSR count). The monoisotopic (exact) mass is 319 g/mol. The van der Waals surface area contributed by atoms with Crippen molar-refractivity contribution in [1.82, 2.24) is 16.3 Å². The smallest absolute Gasteiger partial charge is 0.0947 e. The van der Waals surface area contributed by atoms with E-state index in [2.05, 4.69) is 47.3 Å². The van der Waals surface area contributed by atoms with Gasteiger partial charge >= 0.3 is 0 Å². The summed E-state index contributed by atoms with van der Waals surface area (Å²) in [5, 5.41) is 25.4. The highest BCUT2D eigenvalue weighted by Crippen LogP contribution is 2.29. The second-order valence-corrected chi connectivity index (χ2v) is 7.04. The maximum Gasteiger partial charge on any atom is 0.0947 e. The van der Waals surface area contributed by atoms with Gasteiger partial charge in [0.25, 0.3) is 0 Å². The Bertz CT molecular complexity index is 491. The molecule has 1 aliphatic carbocycles. The fourth-order valence-electron chi connectivity index (χ4n) is 4.13. The van der Waals surface area contributed by atoms with Gasteiger partial charge in [0.1, 0.15) is 0 Å². The lowest BCUT2D eigenvalue weighted by Gasteiger charge is -2.29. The Balaban J connectivity index is 1.47. The molecule has 23 heavy (non-hydrogen) atoms. The lowest BCUT2D eigenvalue weighted by atomic mass is 9.86. The van der Waals surface area contributed by atoms with Gasteiger partial charge in [-0.25, -0.2) is 0 Å². The summed E-state index contributed by atoms with van der Waals surface area (Å²) in [5.74, 6) is 0.499. The van der Waals surface area contributed by atoms with Crippen molar-refractivity contribution in [1.29, 1.82) is 0 Å². The number of fused-ring (bicyclic) bond motifs is 3. The number of rotatable bonds is 0. The van der Waals surface area contributed by atoms with Crippen LogP contribution in [0.25, 0.3) is 0 Å². The molecule has 3 aliphatic heterocycles. The van der Waals surface area contributed by atoms with E-state index in [0.29, 0.717) is 30.1 Å². The maximum absolute atomic E-state index is 4.46. The van der Waals surface area contributed by atoms with Gasteiger partial charge in [-0.1, -0.05) is 15.7 Å². The van der Waals surface area contributed by atoms with Crippen molar-refractivity contribution in [3.63, 3.8) is 0 Å². The van der Waals surface area contributed by atoms with Crippen molar-refractivity contribution in [2.45, 2.75) is 75.2 Å². The molecule has 0 amide bonds. The van der Waals surface area contributed by atoms with Crippen LogP contribution in [0.15, 0.2) is 31.0 Å². The Morgan fingerprint density at radius 1 is 0.652 bits per heavy atom. The molecule has 0 bridgehead atoms. The van der Waals surface area contributed by atoms with Crippen LogP contribution in [-0.4, -0.2) is 36.8 Å². The summed E-state index contributed by atoms with van der Waals surface area (Å²) in [6, 6.07) is 1.60. The van der Waals surface area contributed by atoms with Gasteiger partial charge in [0, 0.05) is 12.5 Å². The Kier molecular flexibility index (Phi) is 4.34.